The Labute approximate surface area is 155 Å². The van der Waals surface area contributed by atoms with E-state index in [-0.39, 0.29) is 0 Å². The highest BCUT2D eigenvalue weighted by atomic mass is 32.1. The minimum absolute atomic E-state index is 0.758. The first-order valence-electron chi connectivity index (χ1n) is 9.49. The third-order valence-corrected chi connectivity index (χ3v) is 5.85. The zero-order chi connectivity index (χ0) is 17.5. The molecular formula is C19H30N4OS. The Hall–Kier alpha value is -1.40. The monoisotopic (exact) mass is 362 g/mol. The number of thiazole rings is 1. The summed E-state index contributed by atoms with van der Waals surface area (Å²) < 4.78 is 5.37. The molecule has 0 bridgehead atoms. The van der Waals surface area contributed by atoms with E-state index >= 15 is 0 Å². The maximum absolute atomic E-state index is 5.37. The van der Waals surface area contributed by atoms with E-state index < -0.39 is 0 Å². The number of nitrogens with one attached hydrogen (secondary N) is 1. The van der Waals surface area contributed by atoms with Gasteiger partial charge in [0.25, 0.3) is 0 Å². The van der Waals surface area contributed by atoms with Crippen LogP contribution in [0.15, 0.2) is 16.6 Å². The van der Waals surface area contributed by atoms with Crippen LogP contribution in [0.5, 0.6) is 0 Å². The molecule has 0 spiro atoms. The van der Waals surface area contributed by atoms with E-state index in [1.54, 1.807) is 0 Å². The lowest BCUT2D eigenvalue weighted by atomic mass is 10.0. The summed E-state index contributed by atoms with van der Waals surface area (Å²) in [6, 6.07) is 0. The number of nitrogens with zero attached hydrogens (tertiary/aromatic N) is 3. The first-order chi connectivity index (χ1) is 12.3. The number of aryl methyl sites for hydroxylation is 2. The highest BCUT2D eigenvalue weighted by molar-refractivity contribution is 7.11. The quantitative estimate of drug-likeness (QED) is 0.480. The van der Waals surface area contributed by atoms with Crippen LogP contribution < -0.4 is 5.32 Å². The molecule has 0 saturated heterocycles. The number of guanidine groups is 1. The highest BCUT2D eigenvalue weighted by Crippen LogP contribution is 2.27. The second-order valence-corrected chi connectivity index (χ2v) is 7.88. The van der Waals surface area contributed by atoms with Crippen LogP contribution >= 0.6 is 11.3 Å². The predicted molar refractivity (Wildman–Crippen MR) is 104 cm³/mol. The molecule has 1 aromatic rings. The molecule has 0 fully saturated rings. The standard InChI is InChI=1S/C19H30N4OS/c1-3-20-19(21-11-8-15-9-12-24-13-10-15)23(2)14-18-22-16-6-4-5-7-17(16)25-18/h9H,3-8,10-14H2,1-2H3,(H,20,21). The van der Waals surface area contributed by atoms with Gasteiger partial charge in [0.1, 0.15) is 5.01 Å². The maximum Gasteiger partial charge on any atom is 0.194 e. The molecule has 0 radical (unpaired) electrons. The molecule has 0 amide bonds. The van der Waals surface area contributed by atoms with E-state index in [0.717, 1.165) is 58.1 Å². The third-order valence-electron chi connectivity index (χ3n) is 4.71. The molecule has 0 atom stereocenters. The Bertz CT molecular complexity index is 599. The van der Waals surface area contributed by atoms with Crippen molar-refractivity contribution in [1.82, 2.24) is 15.2 Å². The molecule has 0 aromatic carbocycles. The molecular weight excluding hydrogens is 332 g/mol. The smallest absolute Gasteiger partial charge is 0.194 e. The van der Waals surface area contributed by atoms with Gasteiger partial charge in [0.15, 0.2) is 5.96 Å². The van der Waals surface area contributed by atoms with Gasteiger partial charge in [0.05, 0.1) is 25.5 Å². The summed E-state index contributed by atoms with van der Waals surface area (Å²) in [5.74, 6) is 0.975. The summed E-state index contributed by atoms with van der Waals surface area (Å²) in [6.07, 6.45) is 9.25. The SMILES string of the molecule is CCNC(=NCCC1=CCOCC1)N(C)Cc1nc2c(s1)CCCC2. The van der Waals surface area contributed by atoms with Crippen molar-refractivity contribution in [1.29, 1.82) is 0 Å². The molecule has 138 valence electrons. The third kappa shape index (κ3) is 5.28. The summed E-state index contributed by atoms with van der Waals surface area (Å²) in [4.78, 5) is 13.4. The van der Waals surface area contributed by atoms with Gasteiger partial charge < -0.3 is 15.0 Å². The lowest BCUT2D eigenvalue weighted by Crippen LogP contribution is -2.38. The fourth-order valence-corrected chi connectivity index (χ4v) is 4.53. The summed E-state index contributed by atoms with van der Waals surface area (Å²) >= 11 is 1.89. The molecule has 1 aromatic heterocycles. The molecule has 25 heavy (non-hydrogen) atoms. The van der Waals surface area contributed by atoms with E-state index in [2.05, 4.69) is 30.3 Å². The zero-order valence-corrected chi connectivity index (χ0v) is 16.3. The van der Waals surface area contributed by atoms with Crippen molar-refractivity contribution in [3.05, 3.63) is 27.2 Å². The first-order valence-corrected chi connectivity index (χ1v) is 10.3. The fraction of sp³-hybridized carbons (Fsp3) is 0.684. The van der Waals surface area contributed by atoms with E-state index in [9.17, 15) is 0 Å². The Balaban J connectivity index is 1.57. The number of aromatic nitrogens is 1. The molecule has 6 heteroatoms. The fourth-order valence-electron chi connectivity index (χ4n) is 3.32. The van der Waals surface area contributed by atoms with Crippen LogP contribution in [0.25, 0.3) is 0 Å². The largest absolute Gasteiger partial charge is 0.377 e. The number of rotatable bonds is 6. The number of hydrogen-bond acceptors (Lipinski definition) is 4. The average molecular weight is 363 g/mol. The topological polar surface area (TPSA) is 49.8 Å². The normalized spacial score (nSPS) is 17.8. The molecule has 3 rings (SSSR count). The molecule has 0 unspecified atom stereocenters. The van der Waals surface area contributed by atoms with Gasteiger partial charge in [-0.15, -0.1) is 11.3 Å². The molecule has 2 aliphatic rings. The van der Waals surface area contributed by atoms with Crippen LogP contribution in [0, 0.1) is 0 Å². The van der Waals surface area contributed by atoms with Crippen molar-refractivity contribution < 1.29 is 4.74 Å². The molecule has 5 nitrogen and oxygen atoms in total. The van der Waals surface area contributed by atoms with Gasteiger partial charge in [-0.25, -0.2) is 4.98 Å². The Morgan fingerprint density at radius 3 is 3.00 bits per heavy atom. The summed E-state index contributed by atoms with van der Waals surface area (Å²) in [5.41, 5.74) is 2.81. The van der Waals surface area contributed by atoms with E-state index in [0.29, 0.717) is 0 Å². The van der Waals surface area contributed by atoms with Crippen LogP contribution in [-0.2, 0) is 24.1 Å². The van der Waals surface area contributed by atoms with Gasteiger partial charge in [0, 0.05) is 25.0 Å². The van der Waals surface area contributed by atoms with E-state index in [4.69, 9.17) is 14.7 Å². The molecule has 0 saturated carbocycles. The maximum atomic E-state index is 5.37. The van der Waals surface area contributed by atoms with E-state index in [1.807, 2.05) is 11.3 Å². The molecule has 1 N–H and O–H groups in total. The van der Waals surface area contributed by atoms with Crippen molar-refractivity contribution in [2.75, 3.05) is 33.4 Å². The van der Waals surface area contributed by atoms with Gasteiger partial charge >= 0.3 is 0 Å². The van der Waals surface area contributed by atoms with Crippen molar-refractivity contribution >= 4 is 17.3 Å². The Kier molecular flexibility index (Phi) is 6.87. The molecule has 2 heterocycles. The Morgan fingerprint density at radius 2 is 2.24 bits per heavy atom. The van der Waals surface area contributed by atoms with E-state index in [1.165, 1.54) is 40.4 Å². The predicted octanol–water partition coefficient (Wildman–Crippen LogP) is 3.16. The zero-order valence-electron chi connectivity index (χ0n) is 15.5. The number of fused-ring (bicyclic) bond motifs is 1. The molecule has 1 aliphatic heterocycles. The second-order valence-electron chi connectivity index (χ2n) is 6.71. The summed E-state index contributed by atoms with van der Waals surface area (Å²) in [6.45, 7) is 6.27. The van der Waals surface area contributed by atoms with Crippen LogP contribution in [0.3, 0.4) is 0 Å². The van der Waals surface area contributed by atoms with Gasteiger partial charge in [0.2, 0.25) is 0 Å². The van der Waals surface area contributed by atoms with Gasteiger partial charge in [-0.1, -0.05) is 11.6 Å². The average Bonchev–Trinajstić information content (AvgIpc) is 3.04. The summed E-state index contributed by atoms with van der Waals surface area (Å²) in [7, 11) is 2.11. The van der Waals surface area contributed by atoms with Gasteiger partial charge in [-0.05, 0) is 45.4 Å². The summed E-state index contributed by atoms with van der Waals surface area (Å²) in [5, 5.41) is 4.63. The number of aliphatic imine (C=N–C) groups is 1. The lowest BCUT2D eigenvalue weighted by Gasteiger charge is -2.21. The van der Waals surface area contributed by atoms with Crippen LogP contribution in [0.4, 0.5) is 0 Å². The highest BCUT2D eigenvalue weighted by Gasteiger charge is 2.17. The lowest BCUT2D eigenvalue weighted by molar-refractivity contribution is 0.153. The minimum Gasteiger partial charge on any atom is -0.377 e. The number of ether oxygens (including phenoxy) is 1. The van der Waals surface area contributed by atoms with Crippen LogP contribution in [-0.4, -0.2) is 49.2 Å². The van der Waals surface area contributed by atoms with Crippen molar-refractivity contribution in [3.63, 3.8) is 0 Å². The van der Waals surface area contributed by atoms with Gasteiger partial charge in [-0.2, -0.15) is 0 Å². The second kappa shape index (κ2) is 9.34. The minimum atomic E-state index is 0.758. The van der Waals surface area contributed by atoms with Crippen LogP contribution in [0.2, 0.25) is 0 Å². The molecule has 1 aliphatic carbocycles. The number of hydrogen-bond donors (Lipinski definition) is 1. The van der Waals surface area contributed by atoms with Crippen molar-refractivity contribution in [2.24, 2.45) is 4.99 Å². The first kappa shape index (κ1) is 18.4. The van der Waals surface area contributed by atoms with Crippen LogP contribution in [0.1, 0.15) is 48.2 Å². The van der Waals surface area contributed by atoms with Crippen molar-refractivity contribution in [3.8, 4) is 0 Å². The van der Waals surface area contributed by atoms with Crippen molar-refractivity contribution in [2.45, 2.75) is 52.0 Å². The Morgan fingerprint density at radius 1 is 1.36 bits per heavy atom. The van der Waals surface area contributed by atoms with Gasteiger partial charge in [-0.3, -0.25) is 4.99 Å².